The first-order valence-electron chi connectivity index (χ1n) is 3.65. The molecule has 0 aliphatic rings. The van der Waals surface area contributed by atoms with E-state index in [1.807, 2.05) is 19.9 Å². The van der Waals surface area contributed by atoms with E-state index < -0.39 is 4.92 Å². The highest BCUT2D eigenvalue weighted by molar-refractivity contribution is 5.32. The van der Waals surface area contributed by atoms with Gasteiger partial charge in [-0.3, -0.25) is 10.1 Å². The lowest BCUT2D eigenvalue weighted by molar-refractivity contribution is -0.419. The van der Waals surface area contributed by atoms with Crippen molar-refractivity contribution in [1.29, 1.82) is 0 Å². The highest BCUT2D eigenvalue weighted by Crippen LogP contribution is 2.14. The first-order valence-corrected chi connectivity index (χ1v) is 3.65. The van der Waals surface area contributed by atoms with Crippen LogP contribution in [0.4, 0.5) is 0 Å². The molecule has 0 spiro atoms. The van der Waals surface area contributed by atoms with Gasteiger partial charge in [-0.25, -0.2) is 0 Å². The largest absolute Gasteiger partial charge is 0.271 e. The molecule has 0 radical (unpaired) electrons. The molecule has 0 unspecified atom stereocenters. The summed E-state index contributed by atoms with van der Waals surface area (Å²) in [5, 5.41) is 10.4. The van der Waals surface area contributed by atoms with Gasteiger partial charge in [-0.1, -0.05) is 12.7 Å². The molecule has 3 nitrogen and oxygen atoms in total. The van der Waals surface area contributed by atoms with Crippen molar-refractivity contribution in [3.05, 3.63) is 45.7 Å². The molecule has 0 atom stereocenters. The maximum atomic E-state index is 10.4. The molecular formula is C9H13NO2. The SMILES string of the molecule is C=C/C(=C(C)\C(C)=C/C)[N+](=O)[O-]. The van der Waals surface area contributed by atoms with E-state index in [2.05, 4.69) is 6.58 Å². The maximum Gasteiger partial charge on any atom is 0.271 e. The number of nitrogens with zero attached hydrogens (tertiary/aromatic N) is 1. The number of rotatable bonds is 3. The molecule has 0 saturated carbocycles. The summed E-state index contributed by atoms with van der Waals surface area (Å²) in [6, 6.07) is 0. The molecule has 66 valence electrons. The summed E-state index contributed by atoms with van der Waals surface area (Å²) in [7, 11) is 0. The highest BCUT2D eigenvalue weighted by atomic mass is 16.6. The van der Waals surface area contributed by atoms with Crippen LogP contribution in [0.3, 0.4) is 0 Å². The molecule has 0 fully saturated rings. The van der Waals surface area contributed by atoms with Crippen LogP contribution in [0.15, 0.2) is 35.6 Å². The quantitative estimate of drug-likeness (QED) is 0.368. The Hall–Kier alpha value is -1.38. The predicted octanol–water partition coefficient (Wildman–Crippen LogP) is 2.69. The van der Waals surface area contributed by atoms with E-state index in [1.54, 1.807) is 6.92 Å². The van der Waals surface area contributed by atoms with Gasteiger partial charge in [0, 0.05) is 11.6 Å². The van der Waals surface area contributed by atoms with Gasteiger partial charge in [0.25, 0.3) is 5.70 Å². The maximum absolute atomic E-state index is 10.4. The Balaban J connectivity index is 5.12. The van der Waals surface area contributed by atoms with Gasteiger partial charge >= 0.3 is 0 Å². The molecule has 0 aromatic carbocycles. The Bertz CT molecular complexity index is 262. The molecule has 0 heterocycles. The average Bonchev–Trinajstić information content (AvgIpc) is 2.03. The zero-order valence-electron chi connectivity index (χ0n) is 7.63. The molecule has 0 N–H and O–H groups in total. The van der Waals surface area contributed by atoms with Gasteiger partial charge in [0.1, 0.15) is 0 Å². The smallest absolute Gasteiger partial charge is 0.258 e. The summed E-state index contributed by atoms with van der Waals surface area (Å²) >= 11 is 0. The van der Waals surface area contributed by atoms with Gasteiger partial charge in [0.2, 0.25) is 0 Å². The fourth-order valence-electron chi connectivity index (χ4n) is 0.783. The fraction of sp³-hybridized carbons (Fsp3) is 0.333. The monoisotopic (exact) mass is 167 g/mol. The second-order valence-corrected chi connectivity index (χ2v) is 2.44. The van der Waals surface area contributed by atoms with Gasteiger partial charge in [-0.05, 0) is 26.3 Å². The van der Waals surface area contributed by atoms with E-state index in [1.165, 1.54) is 6.08 Å². The van der Waals surface area contributed by atoms with E-state index >= 15 is 0 Å². The highest BCUT2D eigenvalue weighted by Gasteiger charge is 2.10. The fourth-order valence-corrected chi connectivity index (χ4v) is 0.783. The van der Waals surface area contributed by atoms with Gasteiger partial charge in [-0.2, -0.15) is 0 Å². The Morgan fingerprint density at radius 1 is 1.50 bits per heavy atom. The van der Waals surface area contributed by atoms with E-state index in [-0.39, 0.29) is 5.70 Å². The molecule has 0 saturated heterocycles. The number of allylic oxidation sites excluding steroid dienone is 4. The Kier molecular flexibility index (Phi) is 3.97. The Morgan fingerprint density at radius 2 is 2.00 bits per heavy atom. The van der Waals surface area contributed by atoms with Crippen LogP contribution in [0.5, 0.6) is 0 Å². The van der Waals surface area contributed by atoms with Crippen LogP contribution in [0, 0.1) is 10.1 Å². The molecule has 0 amide bonds. The third-order valence-electron chi connectivity index (χ3n) is 1.80. The van der Waals surface area contributed by atoms with Crippen LogP contribution >= 0.6 is 0 Å². The summed E-state index contributed by atoms with van der Waals surface area (Å²) < 4.78 is 0. The van der Waals surface area contributed by atoms with E-state index in [4.69, 9.17) is 0 Å². The summed E-state index contributed by atoms with van der Waals surface area (Å²) in [4.78, 5) is 10.0. The first kappa shape index (κ1) is 10.6. The standard InChI is InChI=1S/C9H13NO2/c1-5-7(3)8(4)9(6-2)10(11)12/h5-6H,2H2,1,3-4H3/b7-5-,9-8+. The molecule has 3 heteroatoms. The van der Waals surface area contributed by atoms with Crippen molar-refractivity contribution in [3.63, 3.8) is 0 Å². The summed E-state index contributed by atoms with van der Waals surface area (Å²) in [6.45, 7) is 8.79. The lowest BCUT2D eigenvalue weighted by Crippen LogP contribution is -1.99. The van der Waals surface area contributed by atoms with Crippen molar-refractivity contribution in [3.8, 4) is 0 Å². The van der Waals surface area contributed by atoms with Crippen LogP contribution in [-0.2, 0) is 0 Å². The minimum atomic E-state index is -0.421. The molecule has 0 rings (SSSR count). The van der Waals surface area contributed by atoms with Gasteiger partial charge in [0.15, 0.2) is 0 Å². The summed E-state index contributed by atoms with van der Waals surface area (Å²) in [5.74, 6) is 0. The topological polar surface area (TPSA) is 43.1 Å². The average molecular weight is 167 g/mol. The summed E-state index contributed by atoms with van der Waals surface area (Å²) in [5.41, 5.74) is 1.64. The second-order valence-electron chi connectivity index (χ2n) is 2.44. The minimum Gasteiger partial charge on any atom is -0.258 e. The molecular weight excluding hydrogens is 154 g/mol. The van der Waals surface area contributed by atoms with Crippen LogP contribution < -0.4 is 0 Å². The molecule has 0 aliphatic heterocycles. The van der Waals surface area contributed by atoms with Crippen molar-refractivity contribution in [2.24, 2.45) is 0 Å². The molecule has 0 aromatic heterocycles. The zero-order chi connectivity index (χ0) is 9.72. The van der Waals surface area contributed by atoms with Crippen molar-refractivity contribution >= 4 is 0 Å². The van der Waals surface area contributed by atoms with Gasteiger partial charge in [0.05, 0.1) is 4.92 Å². The minimum absolute atomic E-state index is 0.0746. The van der Waals surface area contributed by atoms with Crippen LogP contribution in [0.2, 0.25) is 0 Å². The van der Waals surface area contributed by atoms with Crippen molar-refractivity contribution in [2.45, 2.75) is 20.8 Å². The summed E-state index contributed by atoms with van der Waals surface area (Å²) in [6.07, 6.45) is 3.10. The van der Waals surface area contributed by atoms with Crippen LogP contribution in [-0.4, -0.2) is 4.92 Å². The van der Waals surface area contributed by atoms with E-state index in [0.29, 0.717) is 5.57 Å². The number of hydrogen-bond acceptors (Lipinski definition) is 2. The Labute approximate surface area is 72.2 Å². The molecule has 12 heavy (non-hydrogen) atoms. The second kappa shape index (κ2) is 4.49. The normalized spacial score (nSPS) is 13.8. The van der Waals surface area contributed by atoms with E-state index in [9.17, 15) is 10.1 Å². The van der Waals surface area contributed by atoms with Gasteiger partial charge in [-0.15, -0.1) is 0 Å². The van der Waals surface area contributed by atoms with Crippen molar-refractivity contribution < 1.29 is 4.92 Å². The zero-order valence-corrected chi connectivity index (χ0v) is 7.63. The lowest BCUT2D eigenvalue weighted by atomic mass is 10.1. The van der Waals surface area contributed by atoms with E-state index in [0.717, 1.165) is 5.57 Å². The Morgan fingerprint density at radius 3 is 2.25 bits per heavy atom. The molecule has 0 aliphatic carbocycles. The van der Waals surface area contributed by atoms with Crippen molar-refractivity contribution in [1.82, 2.24) is 0 Å². The number of hydrogen-bond donors (Lipinski definition) is 0. The lowest BCUT2D eigenvalue weighted by Gasteiger charge is -1.99. The molecule has 0 bridgehead atoms. The number of nitro groups is 1. The third-order valence-corrected chi connectivity index (χ3v) is 1.80. The predicted molar refractivity (Wildman–Crippen MR) is 49.3 cm³/mol. The van der Waals surface area contributed by atoms with Gasteiger partial charge < -0.3 is 0 Å². The molecule has 0 aromatic rings. The van der Waals surface area contributed by atoms with Crippen LogP contribution in [0.25, 0.3) is 0 Å². The van der Waals surface area contributed by atoms with Crippen molar-refractivity contribution in [2.75, 3.05) is 0 Å². The third kappa shape index (κ3) is 2.34. The van der Waals surface area contributed by atoms with Crippen LogP contribution in [0.1, 0.15) is 20.8 Å². The first-order chi connectivity index (χ1) is 5.54.